The highest BCUT2D eigenvalue weighted by atomic mass is 35.5. The quantitative estimate of drug-likeness (QED) is 0.621. The van der Waals surface area contributed by atoms with Crippen molar-refractivity contribution in [1.29, 1.82) is 0 Å². The standard InChI is InChI=1S/C16H13Cl2NO2/c1-21-15(20)10-19-16(11-2-6-13(17)7-3-11)12-4-8-14(18)9-5-12/h2-10,16H,1H3. The summed E-state index contributed by atoms with van der Waals surface area (Å²) in [5, 5.41) is 1.29. The van der Waals surface area contributed by atoms with E-state index in [1.165, 1.54) is 13.3 Å². The number of methoxy groups -OCH3 is 1. The van der Waals surface area contributed by atoms with Crippen molar-refractivity contribution in [2.75, 3.05) is 7.11 Å². The van der Waals surface area contributed by atoms with Gasteiger partial charge in [-0.3, -0.25) is 4.99 Å². The van der Waals surface area contributed by atoms with Crippen LogP contribution in [-0.2, 0) is 9.53 Å². The molecular weight excluding hydrogens is 309 g/mol. The van der Waals surface area contributed by atoms with Crippen molar-refractivity contribution in [3.05, 3.63) is 69.7 Å². The second-order valence-corrected chi connectivity index (χ2v) is 5.18. The average Bonchev–Trinajstić information content (AvgIpc) is 2.50. The average molecular weight is 322 g/mol. The lowest BCUT2D eigenvalue weighted by atomic mass is 9.99. The molecule has 2 aromatic rings. The molecule has 0 aliphatic carbocycles. The van der Waals surface area contributed by atoms with Gasteiger partial charge in [-0.1, -0.05) is 47.5 Å². The number of aliphatic imine (C=N–C) groups is 1. The Morgan fingerprint density at radius 3 is 1.81 bits per heavy atom. The second-order valence-electron chi connectivity index (χ2n) is 4.31. The Morgan fingerprint density at radius 1 is 1.00 bits per heavy atom. The van der Waals surface area contributed by atoms with Gasteiger partial charge in [0.1, 0.15) is 12.3 Å². The fourth-order valence-corrected chi connectivity index (χ4v) is 2.09. The summed E-state index contributed by atoms with van der Waals surface area (Å²) in [6.07, 6.45) is 1.17. The van der Waals surface area contributed by atoms with Crippen LogP contribution in [0.15, 0.2) is 53.5 Å². The van der Waals surface area contributed by atoms with Crippen LogP contribution in [0.3, 0.4) is 0 Å². The third kappa shape index (κ3) is 4.31. The van der Waals surface area contributed by atoms with Crippen LogP contribution in [0.25, 0.3) is 0 Å². The predicted molar refractivity (Wildman–Crippen MR) is 85.3 cm³/mol. The molecule has 0 aromatic heterocycles. The van der Waals surface area contributed by atoms with Crippen LogP contribution in [0, 0.1) is 0 Å². The molecule has 0 aliphatic rings. The van der Waals surface area contributed by atoms with E-state index in [1.54, 1.807) is 24.3 Å². The van der Waals surface area contributed by atoms with Crippen LogP contribution in [-0.4, -0.2) is 19.3 Å². The Morgan fingerprint density at radius 2 is 1.43 bits per heavy atom. The summed E-state index contributed by atoms with van der Waals surface area (Å²) in [6, 6.07) is 14.3. The van der Waals surface area contributed by atoms with Crippen molar-refractivity contribution in [2.24, 2.45) is 4.99 Å². The number of nitrogens with zero attached hydrogens (tertiary/aromatic N) is 1. The SMILES string of the molecule is COC(=O)C=NC(c1ccc(Cl)cc1)c1ccc(Cl)cc1. The Hall–Kier alpha value is -1.84. The number of hydrogen-bond acceptors (Lipinski definition) is 3. The minimum absolute atomic E-state index is 0.321. The zero-order valence-electron chi connectivity index (χ0n) is 11.3. The number of carbonyl (C=O) groups is 1. The smallest absolute Gasteiger partial charge is 0.348 e. The van der Waals surface area contributed by atoms with Crippen LogP contribution in [0.4, 0.5) is 0 Å². The molecule has 0 amide bonds. The monoisotopic (exact) mass is 321 g/mol. The van der Waals surface area contributed by atoms with Gasteiger partial charge in [0.15, 0.2) is 0 Å². The molecule has 0 aliphatic heterocycles. The van der Waals surface area contributed by atoms with Crippen molar-refractivity contribution in [3.63, 3.8) is 0 Å². The molecule has 0 fully saturated rings. The maximum atomic E-state index is 11.3. The highest BCUT2D eigenvalue weighted by Gasteiger charge is 2.13. The van der Waals surface area contributed by atoms with Gasteiger partial charge in [0.05, 0.1) is 7.11 Å². The number of halogens is 2. The van der Waals surface area contributed by atoms with E-state index in [0.29, 0.717) is 10.0 Å². The summed E-state index contributed by atoms with van der Waals surface area (Å²) in [5.41, 5.74) is 1.84. The van der Waals surface area contributed by atoms with E-state index < -0.39 is 5.97 Å². The van der Waals surface area contributed by atoms with Crippen molar-refractivity contribution in [1.82, 2.24) is 0 Å². The molecule has 0 saturated carbocycles. The van der Waals surface area contributed by atoms with Gasteiger partial charge in [-0.2, -0.15) is 0 Å². The maximum absolute atomic E-state index is 11.3. The molecule has 5 heteroatoms. The number of ether oxygens (including phenoxy) is 1. The molecular formula is C16H13Cl2NO2. The Kier molecular flexibility index (Phi) is 5.37. The molecule has 0 bridgehead atoms. The van der Waals surface area contributed by atoms with Gasteiger partial charge >= 0.3 is 5.97 Å². The minimum Gasteiger partial charge on any atom is -0.465 e. The number of hydrogen-bond donors (Lipinski definition) is 0. The van der Waals surface area contributed by atoms with Crippen LogP contribution < -0.4 is 0 Å². The van der Waals surface area contributed by atoms with E-state index in [4.69, 9.17) is 23.2 Å². The molecule has 0 heterocycles. The largest absolute Gasteiger partial charge is 0.465 e. The normalized spacial score (nSPS) is 11.0. The van der Waals surface area contributed by atoms with E-state index >= 15 is 0 Å². The van der Waals surface area contributed by atoms with Crippen LogP contribution in [0.1, 0.15) is 17.2 Å². The zero-order valence-corrected chi connectivity index (χ0v) is 12.8. The Bertz CT molecular complexity index is 591. The second kappa shape index (κ2) is 7.25. The molecule has 0 N–H and O–H groups in total. The summed E-state index contributed by atoms with van der Waals surface area (Å²) >= 11 is 11.8. The fourth-order valence-electron chi connectivity index (χ4n) is 1.84. The highest BCUT2D eigenvalue weighted by Crippen LogP contribution is 2.27. The Labute approximate surface area is 133 Å². The topological polar surface area (TPSA) is 38.7 Å². The molecule has 0 atom stereocenters. The van der Waals surface area contributed by atoms with Gasteiger partial charge in [-0.05, 0) is 35.4 Å². The third-order valence-corrected chi connectivity index (χ3v) is 3.41. The third-order valence-electron chi connectivity index (χ3n) is 2.90. The van der Waals surface area contributed by atoms with Crippen molar-refractivity contribution >= 4 is 35.4 Å². The molecule has 0 unspecified atom stereocenters. The lowest BCUT2D eigenvalue weighted by Gasteiger charge is -2.13. The highest BCUT2D eigenvalue weighted by molar-refractivity contribution is 6.30. The maximum Gasteiger partial charge on any atom is 0.348 e. The van der Waals surface area contributed by atoms with Gasteiger partial charge in [-0.15, -0.1) is 0 Å². The summed E-state index contributed by atoms with van der Waals surface area (Å²) in [5.74, 6) is -0.497. The van der Waals surface area contributed by atoms with Crippen molar-refractivity contribution in [3.8, 4) is 0 Å². The van der Waals surface area contributed by atoms with Gasteiger partial charge in [0.2, 0.25) is 0 Å². The van der Waals surface area contributed by atoms with E-state index in [9.17, 15) is 4.79 Å². The van der Waals surface area contributed by atoms with Gasteiger partial charge in [0.25, 0.3) is 0 Å². The number of rotatable bonds is 4. The molecule has 21 heavy (non-hydrogen) atoms. The number of benzene rings is 2. The van der Waals surface area contributed by atoms with Crippen LogP contribution >= 0.6 is 23.2 Å². The molecule has 108 valence electrons. The first-order valence-electron chi connectivity index (χ1n) is 6.22. The van der Waals surface area contributed by atoms with Crippen molar-refractivity contribution in [2.45, 2.75) is 6.04 Å². The molecule has 0 saturated heterocycles. The zero-order chi connectivity index (χ0) is 15.2. The van der Waals surface area contributed by atoms with Gasteiger partial charge in [0, 0.05) is 10.0 Å². The number of carbonyl (C=O) groups excluding carboxylic acids is 1. The Balaban J connectivity index is 2.38. The van der Waals surface area contributed by atoms with Gasteiger partial charge in [-0.25, -0.2) is 4.79 Å². The first-order valence-corrected chi connectivity index (χ1v) is 6.98. The summed E-state index contributed by atoms with van der Waals surface area (Å²) in [4.78, 5) is 15.6. The van der Waals surface area contributed by atoms with Gasteiger partial charge < -0.3 is 4.74 Å². The fraction of sp³-hybridized carbons (Fsp3) is 0.125. The minimum atomic E-state index is -0.497. The molecule has 0 radical (unpaired) electrons. The lowest BCUT2D eigenvalue weighted by Crippen LogP contribution is -2.05. The first kappa shape index (κ1) is 15.5. The summed E-state index contributed by atoms with van der Waals surface area (Å²) < 4.78 is 4.58. The van der Waals surface area contributed by atoms with Crippen LogP contribution in [0.2, 0.25) is 10.0 Å². The number of esters is 1. The first-order chi connectivity index (χ1) is 10.1. The van der Waals surface area contributed by atoms with E-state index in [0.717, 1.165) is 11.1 Å². The van der Waals surface area contributed by atoms with Crippen molar-refractivity contribution < 1.29 is 9.53 Å². The molecule has 3 nitrogen and oxygen atoms in total. The summed E-state index contributed by atoms with van der Waals surface area (Å²) in [6.45, 7) is 0. The van der Waals surface area contributed by atoms with Crippen LogP contribution in [0.5, 0.6) is 0 Å². The van der Waals surface area contributed by atoms with E-state index in [-0.39, 0.29) is 6.04 Å². The molecule has 2 aromatic carbocycles. The van der Waals surface area contributed by atoms with E-state index in [2.05, 4.69) is 9.73 Å². The molecule has 2 rings (SSSR count). The molecule has 0 spiro atoms. The van der Waals surface area contributed by atoms with E-state index in [1.807, 2.05) is 24.3 Å². The summed E-state index contributed by atoms with van der Waals surface area (Å²) in [7, 11) is 1.31. The lowest BCUT2D eigenvalue weighted by molar-refractivity contribution is -0.132. The predicted octanol–water partition coefficient (Wildman–Crippen LogP) is 4.33.